The first kappa shape index (κ1) is 8.83. The molecule has 0 aliphatic rings. The molecular formula is C7H9F2N3. The van der Waals surface area contributed by atoms with Gasteiger partial charge in [0.15, 0.2) is 0 Å². The second-order valence-corrected chi connectivity index (χ2v) is 2.44. The summed E-state index contributed by atoms with van der Waals surface area (Å²) in [6, 6.07) is -3.12. The molecule has 0 atom stereocenters. The highest BCUT2D eigenvalue weighted by atomic mass is 19.3. The smallest absolute Gasteiger partial charge is 0.292 e. The molecule has 1 rings (SSSR count). The molecule has 5 heteroatoms. The van der Waals surface area contributed by atoms with E-state index in [1.54, 1.807) is 6.92 Å². The van der Waals surface area contributed by atoms with Crippen LogP contribution < -0.4 is 0 Å². The number of rotatable bonds is 2. The topological polar surface area (TPSA) is 30.2 Å². The minimum atomic E-state index is -3.12. The Balaban J connectivity index is 2.96. The van der Waals surface area contributed by atoms with Crippen molar-refractivity contribution < 1.29 is 8.78 Å². The van der Waals surface area contributed by atoms with Gasteiger partial charge in [0.2, 0.25) is 0 Å². The molecule has 3 nitrogen and oxygen atoms in total. The largest absolute Gasteiger partial charge is 0.380 e. The van der Waals surface area contributed by atoms with Gasteiger partial charge in [-0.3, -0.25) is 4.99 Å². The van der Waals surface area contributed by atoms with Crippen LogP contribution in [0.15, 0.2) is 17.4 Å². The fraction of sp³-hybridized carbons (Fsp3) is 0.429. The highest BCUT2D eigenvalue weighted by Gasteiger charge is 2.28. The zero-order chi connectivity index (χ0) is 9.19. The van der Waals surface area contributed by atoms with E-state index >= 15 is 0 Å². The van der Waals surface area contributed by atoms with Gasteiger partial charge in [-0.2, -0.15) is 13.9 Å². The maximum atomic E-state index is 12.9. The van der Waals surface area contributed by atoms with E-state index in [0.29, 0.717) is 16.5 Å². The number of hydrogen-bond acceptors (Lipinski definition) is 2. The van der Waals surface area contributed by atoms with Crippen LogP contribution in [0.2, 0.25) is 0 Å². The summed E-state index contributed by atoms with van der Waals surface area (Å²) in [5, 5.41) is 3.48. The third kappa shape index (κ3) is 1.66. The monoisotopic (exact) mass is 173 g/mol. The average Bonchev–Trinajstić information content (AvgIpc) is 2.36. The maximum Gasteiger partial charge on any atom is 0.380 e. The van der Waals surface area contributed by atoms with Crippen molar-refractivity contribution in [2.45, 2.75) is 13.0 Å². The number of halogens is 2. The summed E-state index contributed by atoms with van der Waals surface area (Å²) < 4.78 is 26.4. The Morgan fingerprint density at radius 2 is 2.33 bits per heavy atom. The van der Waals surface area contributed by atoms with Gasteiger partial charge < -0.3 is 0 Å². The van der Waals surface area contributed by atoms with Gasteiger partial charge in [0.25, 0.3) is 0 Å². The van der Waals surface area contributed by atoms with Gasteiger partial charge >= 0.3 is 6.05 Å². The molecular weight excluding hydrogens is 164 g/mol. The van der Waals surface area contributed by atoms with Crippen LogP contribution in [0.1, 0.15) is 5.56 Å². The lowest BCUT2D eigenvalue weighted by atomic mass is 10.4. The molecule has 0 saturated heterocycles. The Hall–Kier alpha value is -1.26. The van der Waals surface area contributed by atoms with Gasteiger partial charge in [0.1, 0.15) is 0 Å². The van der Waals surface area contributed by atoms with Gasteiger partial charge in [-0.05, 0) is 12.5 Å². The minimum absolute atomic E-state index is 0.555. The summed E-state index contributed by atoms with van der Waals surface area (Å²) in [5.41, 5.74) is 0.694. The summed E-state index contributed by atoms with van der Waals surface area (Å²) in [6.45, 7) is 1.70. The molecule has 1 heterocycles. The predicted octanol–water partition coefficient (Wildman–Crippen LogP) is 1.44. The molecule has 0 fully saturated rings. The number of alkyl halides is 2. The van der Waals surface area contributed by atoms with Crippen molar-refractivity contribution in [3.63, 3.8) is 0 Å². The Bertz CT molecular complexity index is 291. The lowest BCUT2D eigenvalue weighted by Gasteiger charge is -2.09. The Morgan fingerprint density at radius 3 is 2.75 bits per heavy atom. The van der Waals surface area contributed by atoms with E-state index in [9.17, 15) is 8.78 Å². The van der Waals surface area contributed by atoms with Crippen LogP contribution in [0.25, 0.3) is 0 Å². The molecule has 0 aliphatic carbocycles. The lowest BCUT2D eigenvalue weighted by molar-refractivity contribution is -0.0114. The molecule has 0 bridgehead atoms. The summed E-state index contributed by atoms with van der Waals surface area (Å²) in [4.78, 5) is 3.26. The van der Waals surface area contributed by atoms with Crippen molar-refractivity contribution in [2.75, 3.05) is 7.05 Å². The second kappa shape index (κ2) is 3.00. The Morgan fingerprint density at radius 1 is 1.67 bits per heavy atom. The summed E-state index contributed by atoms with van der Waals surface area (Å²) in [5.74, 6) is 0. The normalized spacial score (nSPS) is 12.7. The lowest BCUT2D eigenvalue weighted by Crippen LogP contribution is -2.25. The van der Waals surface area contributed by atoms with E-state index in [4.69, 9.17) is 0 Å². The van der Waals surface area contributed by atoms with E-state index in [0.717, 1.165) is 0 Å². The van der Waals surface area contributed by atoms with Crippen molar-refractivity contribution in [1.82, 2.24) is 9.78 Å². The van der Waals surface area contributed by atoms with Crippen LogP contribution in [0.4, 0.5) is 8.78 Å². The standard InChI is InChI=1S/C7H9F2N3/c1-6-3-11-12(4-6)7(8,9)5-10-2/h3-5H,1-2H3. The average molecular weight is 173 g/mol. The molecule has 0 amide bonds. The predicted molar refractivity (Wildman–Crippen MR) is 41.6 cm³/mol. The van der Waals surface area contributed by atoms with E-state index in [-0.39, 0.29) is 0 Å². The number of nitrogens with zero attached hydrogens (tertiary/aromatic N) is 3. The fourth-order valence-electron chi connectivity index (χ4n) is 0.790. The van der Waals surface area contributed by atoms with Crippen molar-refractivity contribution in [3.8, 4) is 0 Å². The van der Waals surface area contributed by atoms with Gasteiger partial charge in [0, 0.05) is 13.2 Å². The molecule has 1 aromatic heterocycles. The van der Waals surface area contributed by atoms with E-state index in [1.165, 1.54) is 19.4 Å². The van der Waals surface area contributed by atoms with Crippen LogP contribution in [0.3, 0.4) is 0 Å². The van der Waals surface area contributed by atoms with Crippen LogP contribution in [0, 0.1) is 6.92 Å². The van der Waals surface area contributed by atoms with Crippen LogP contribution in [-0.2, 0) is 6.05 Å². The van der Waals surface area contributed by atoms with E-state index in [2.05, 4.69) is 10.1 Å². The van der Waals surface area contributed by atoms with Crippen molar-refractivity contribution in [1.29, 1.82) is 0 Å². The molecule has 0 aliphatic heterocycles. The summed E-state index contributed by atoms with van der Waals surface area (Å²) >= 11 is 0. The number of hydrogen-bond donors (Lipinski definition) is 0. The molecule has 0 saturated carbocycles. The van der Waals surface area contributed by atoms with E-state index < -0.39 is 6.05 Å². The zero-order valence-corrected chi connectivity index (χ0v) is 6.83. The molecule has 1 aromatic rings. The quantitative estimate of drug-likeness (QED) is 0.622. The highest BCUT2D eigenvalue weighted by molar-refractivity contribution is 5.63. The number of aliphatic imine (C=N–C) groups is 1. The first-order valence-electron chi connectivity index (χ1n) is 3.39. The van der Waals surface area contributed by atoms with Crippen LogP contribution in [-0.4, -0.2) is 23.0 Å². The first-order chi connectivity index (χ1) is 5.56. The van der Waals surface area contributed by atoms with Gasteiger partial charge in [-0.25, -0.2) is 4.68 Å². The van der Waals surface area contributed by atoms with Crippen molar-refractivity contribution >= 4 is 6.21 Å². The highest BCUT2D eigenvalue weighted by Crippen LogP contribution is 2.16. The molecule has 66 valence electrons. The zero-order valence-electron chi connectivity index (χ0n) is 6.83. The van der Waals surface area contributed by atoms with Gasteiger partial charge in [-0.15, -0.1) is 0 Å². The molecule has 0 aromatic carbocycles. The first-order valence-corrected chi connectivity index (χ1v) is 3.39. The third-order valence-electron chi connectivity index (χ3n) is 1.30. The van der Waals surface area contributed by atoms with Crippen molar-refractivity contribution in [2.24, 2.45) is 4.99 Å². The number of aryl methyl sites for hydroxylation is 1. The summed E-state index contributed by atoms with van der Waals surface area (Å²) in [7, 11) is 1.30. The molecule has 12 heavy (non-hydrogen) atoms. The van der Waals surface area contributed by atoms with Crippen LogP contribution >= 0.6 is 0 Å². The van der Waals surface area contributed by atoms with E-state index in [1.807, 2.05) is 0 Å². The minimum Gasteiger partial charge on any atom is -0.292 e. The molecule has 0 spiro atoms. The molecule has 0 N–H and O–H groups in total. The molecule has 0 radical (unpaired) electrons. The fourth-order valence-corrected chi connectivity index (χ4v) is 0.790. The number of aromatic nitrogens is 2. The van der Waals surface area contributed by atoms with Gasteiger partial charge in [0.05, 0.1) is 12.4 Å². The Labute approximate surface area is 68.7 Å². The maximum absolute atomic E-state index is 12.9. The SMILES string of the molecule is CN=CC(F)(F)n1cc(C)cn1. The van der Waals surface area contributed by atoms with Gasteiger partial charge in [-0.1, -0.05) is 0 Å². The third-order valence-corrected chi connectivity index (χ3v) is 1.30. The van der Waals surface area contributed by atoms with Crippen LogP contribution in [0.5, 0.6) is 0 Å². The Kier molecular flexibility index (Phi) is 2.21. The molecule has 0 unspecified atom stereocenters. The summed E-state index contributed by atoms with van der Waals surface area (Å²) in [6.07, 6.45) is 3.19. The second-order valence-electron chi connectivity index (χ2n) is 2.44. The van der Waals surface area contributed by atoms with Crippen molar-refractivity contribution in [3.05, 3.63) is 18.0 Å².